The molecule has 0 radical (unpaired) electrons. The Balaban J connectivity index is 1.32. The van der Waals surface area contributed by atoms with Crippen LogP contribution in [0.15, 0.2) is 90.4 Å². The van der Waals surface area contributed by atoms with Gasteiger partial charge >= 0.3 is 0 Å². The molecule has 3 aromatic carbocycles. The summed E-state index contributed by atoms with van der Waals surface area (Å²) in [6, 6.07) is 25.4. The maximum atomic E-state index is 12.9. The number of rotatable bonds is 7. The number of aryl methyl sites for hydroxylation is 1. The minimum Gasteiger partial charge on any atom is -0.455 e. The predicted octanol–water partition coefficient (Wildman–Crippen LogP) is 6.60. The molecule has 0 saturated carbocycles. The minimum atomic E-state index is -0.110. The first-order valence-corrected chi connectivity index (χ1v) is 11.7. The highest BCUT2D eigenvalue weighted by Crippen LogP contribution is 2.30. The van der Waals surface area contributed by atoms with Crippen molar-refractivity contribution in [2.45, 2.75) is 19.8 Å². The highest BCUT2D eigenvalue weighted by molar-refractivity contribution is 7.15. The quantitative estimate of drug-likeness (QED) is 0.302. The molecule has 164 valence electrons. The molecule has 1 amide bonds. The molecule has 6 heteroatoms. The van der Waals surface area contributed by atoms with Gasteiger partial charge < -0.3 is 10.1 Å². The summed E-state index contributed by atoms with van der Waals surface area (Å²) >= 11 is 1.54. The van der Waals surface area contributed by atoms with Crippen LogP contribution in [0.4, 0.5) is 5.69 Å². The molecular formula is C27H23N3O2S. The Bertz CT molecular complexity index is 1390. The van der Waals surface area contributed by atoms with Gasteiger partial charge in [-0.05, 0) is 36.2 Å². The van der Waals surface area contributed by atoms with Crippen molar-refractivity contribution in [3.63, 3.8) is 0 Å². The minimum absolute atomic E-state index is 0.110. The van der Waals surface area contributed by atoms with Crippen LogP contribution in [0, 0.1) is 0 Å². The number of carbonyl (C=O) groups is 1. The number of carbonyl (C=O) groups excluding carboxylic acids is 1. The fraction of sp³-hybridized carbons (Fsp3) is 0.111. The van der Waals surface area contributed by atoms with Gasteiger partial charge in [-0.2, -0.15) is 0 Å². The zero-order valence-electron chi connectivity index (χ0n) is 18.2. The molecule has 0 fully saturated rings. The van der Waals surface area contributed by atoms with E-state index >= 15 is 0 Å². The van der Waals surface area contributed by atoms with Gasteiger partial charge in [-0.1, -0.05) is 61.5 Å². The van der Waals surface area contributed by atoms with E-state index in [1.165, 1.54) is 16.9 Å². The predicted molar refractivity (Wildman–Crippen MR) is 133 cm³/mol. The van der Waals surface area contributed by atoms with Gasteiger partial charge in [0.25, 0.3) is 0 Å². The van der Waals surface area contributed by atoms with E-state index in [2.05, 4.69) is 36.5 Å². The Morgan fingerprint density at radius 2 is 1.76 bits per heavy atom. The molecular weight excluding hydrogens is 430 g/mol. The lowest BCUT2D eigenvalue weighted by molar-refractivity contribution is -0.115. The molecule has 5 rings (SSSR count). The molecule has 0 saturated heterocycles. The van der Waals surface area contributed by atoms with Gasteiger partial charge in [0.15, 0.2) is 10.7 Å². The van der Waals surface area contributed by atoms with Crippen LogP contribution >= 0.6 is 11.3 Å². The Hall–Kier alpha value is -3.90. The topological polar surface area (TPSA) is 55.6 Å². The van der Waals surface area contributed by atoms with Crippen molar-refractivity contribution in [2.24, 2.45) is 0 Å². The molecule has 5 aromatic rings. The van der Waals surface area contributed by atoms with Crippen molar-refractivity contribution < 1.29 is 9.53 Å². The lowest BCUT2D eigenvalue weighted by atomic mass is 10.1. The normalized spacial score (nSPS) is 10.9. The van der Waals surface area contributed by atoms with Crippen molar-refractivity contribution in [1.29, 1.82) is 0 Å². The van der Waals surface area contributed by atoms with Gasteiger partial charge in [0, 0.05) is 22.8 Å². The number of hydrogen-bond acceptors (Lipinski definition) is 4. The number of para-hydroxylation sites is 3. The number of thiazole rings is 1. The average Bonchev–Trinajstić information content (AvgIpc) is 3.43. The van der Waals surface area contributed by atoms with Gasteiger partial charge in [-0.15, -0.1) is 11.3 Å². The summed E-state index contributed by atoms with van der Waals surface area (Å²) in [5.74, 6) is 1.21. The zero-order valence-corrected chi connectivity index (χ0v) is 19.0. The van der Waals surface area contributed by atoms with Crippen LogP contribution < -0.4 is 10.1 Å². The fourth-order valence-electron chi connectivity index (χ4n) is 3.64. The maximum Gasteiger partial charge on any atom is 0.230 e. The lowest BCUT2D eigenvalue weighted by Crippen LogP contribution is -2.15. The third-order valence-corrected chi connectivity index (χ3v) is 6.30. The lowest BCUT2D eigenvalue weighted by Gasteiger charge is -2.12. The van der Waals surface area contributed by atoms with Crippen molar-refractivity contribution in [3.05, 3.63) is 102 Å². The van der Waals surface area contributed by atoms with E-state index in [4.69, 9.17) is 9.72 Å². The smallest absolute Gasteiger partial charge is 0.230 e. The van der Waals surface area contributed by atoms with Gasteiger partial charge in [0.2, 0.25) is 5.91 Å². The third-order valence-electron chi connectivity index (χ3n) is 5.42. The molecule has 0 aliphatic heterocycles. The van der Waals surface area contributed by atoms with Gasteiger partial charge in [0.1, 0.15) is 5.75 Å². The van der Waals surface area contributed by atoms with E-state index in [9.17, 15) is 4.79 Å². The number of anilines is 1. The highest BCUT2D eigenvalue weighted by atomic mass is 32.1. The molecule has 1 N–H and O–H groups in total. The van der Waals surface area contributed by atoms with Crippen molar-refractivity contribution in [2.75, 3.05) is 5.32 Å². The molecule has 0 aliphatic rings. The Kier molecular flexibility index (Phi) is 5.91. The molecule has 0 bridgehead atoms. The zero-order chi connectivity index (χ0) is 22.6. The number of fused-ring (bicyclic) bond motifs is 1. The Morgan fingerprint density at radius 1 is 1.00 bits per heavy atom. The summed E-state index contributed by atoms with van der Waals surface area (Å²) in [6.45, 7) is 2.14. The summed E-state index contributed by atoms with van der Waals surface area (Å²) in [5.41, 5.74) is 4.82. The molecule has 0 spiro atoms. The number of aromatic nitrogens is 2. The number of benzene rings is 3. The van der Waals surface area contributed by atoms with Gasteiger partial charge in [-0.3, -0.25) is 9.20 Å². The van der Waals surface area contributed by atoms with E-state index < -0.39 is 0 Å². The number of imidazole rings is 1. The maximum absolute atomic E-state index is 12.9. The fourth-order valence-corrected chi connectivity index (χ4v) is 4.51. The van der Waals surface area contributed by atoms with E-state index in [0.29, 0.717) is 11.4 Å². The van der Waals surface area contributed by atoms with Crippen LogP contribution in [0.1, 0.15) is 18.2 Å². The second-order valence-electron chi connectivity index (χ2n) is 7.69. The summed E-state index contributed by atoms with van der Waals surface area (Å²) in [7, 11) is 0. The molecule has 0 atom stereocenters. The molecule has 0 unspecified atom stereocenters. The first-order valence-electron chi connectivity index (χ1n) is 10.9. The molecule has 2 aromatic heterocycles. The van der Waals surface area contributed by atoms with Gasteiger partial charge in [-0.25, -0.2) is 4.98 Å². The van der Waals surface area contributed by atoms with E-state index in [-0.39, 0.29) is 12.3 Å². The van der Waals surface area contributed by atoms with Crippen LogP contribution in [-0.4, -0.2) is 15.3 Å². The molecule has 2 heterocycles. The number of hydrogen-bond donors (Lipinski definition) is 1. The van der Waals surface area contributed by atoms with Crippen molar-refractivity contribution >= 4 is 27.9 Å². The van der Waals surface area contributed by atoms with Crippen LogP contribution in [0.25, 0.3) is 16.2 Å². The third kappa shape index (κ3) is 4.66. The molecule has 33 heavy (non-hydrogen) atoms. The highest BCUT2D eigenvalue weighted by Gasteiger charge is 2.14. The summed E-state index contributed by atoms with van der Waals surface area (Å²) in [5, 5.41) is 4.98. The SMILES string of the molecule is CCc1ccc(-c2cn3c(CC(=O)Nc4ccccc4Oc4ccccc4)csc3n2)cc1. The second kappa shape index (κ2) is 9.30. The Morgan fingerprint density at radius 3 is 2.55 bits per heavy atom. The van der Waals surface area contributed by atoms with Crippen LogP contribution in [-0.2, 0) is 17.6 Å². The van der Waals surface area contributed by atoms with Crippen molar-refractivity contribution in [1.82, 2.24) is 9.38 Å². The number of amides is 1. The standard InChI is InChI=1S/C27H23N3O2S/c1-2-19-12-14-20(15-13-19)24-17-30-21(18-33-27(30)29-24)16-26(31)28-23-10-6-7-11-25(23)32-22-8-4-3-5-9-22/h3-15,17-18H,2,16H2,1H3,(H,28,31). The molecule has 0 aliphatic carbocycles. The average molecular weight is 454 g/mol. The van der Waals surface area contributed by atoms with Crippen LogP contribution in [0.2, 0.25) is 0 Å². The number of ether oxygens (including phenoxy) is 1. The van der Waals surface area contributed by atoms with E-state index in [0.717, 1.165) is 34.1 Å². The van der Waals surface area contributed by atoms with Crippen molar-refractivity contribution in [3.8, 4) is 22.8 Å². The number of nitrogens with zero attached hydrogens (tertiary/aromatic N) is 2. The Labute approximate surface area is 196 Å². The number of nitrogens with one attached hydrogen (secondary N) is 1. The van der Waals surface area contributed by atoms with Gasteiger partial charge in [0.05, 0.1) is 17.8 Å². The summed E-state index contributed by atoms with van der Waals surface area (Å²) < 4.78 is 7.96. The first kappa shape index (κ1) is 21.0. The summed E-state index contributed by atoms with van der Waals surface area (Å²) in [4.78, 5) is 18.5. The monoisotopic (exact) mass is 453 g/mol. The van der Waals surface area contributed by atoms with Crippen LogP contribution in [0.3, 0.4) is 0 Å². The molecule has 5 nitrogen and oxygen atoms in total. The first-order chi connectivity index (χ1) is 16.2. The van der Waals surface area contributed by atoms with E-state index in [1.807, 2.05) is 70.6 Å². The second-order valence-corrected chi connectivity index (χ2v) is 8.53. The largest absolute Gasteiger partial charge is 0.455 e. The van der Waals surface area contributed by atoms with E-state index in [1.54, 1.807) is 0 Å². The summed E-state index contributed by atoms with van der Waals surface area (Å²) in [6.07, 6.45) is 3.25. The van der Waals surface area contributed by atoms with Crippen LogP contribution in [0.5, 0.6) is 11.5 Å².